The number of anilines is 2. The number of fused-ring (bicyclic) bond motifs is 2. The Morgan fingerprint density at radius 2 is 1.45 bits per heavy atom. The molecule has 13 heteroatoms. The van der Waals surface area contributed by atoms with E-state index in [0.29, 0.717) is 48.8 Å². The minimum absolute atomic E-state index is 0.135. The monoisotopic (exact) mass is 546 g/mol. The highest BCUT2D eigenvalue weighted by molar-refractivity contribution is 7.99. The van der Waals surface area contributed by atoms with E-state index in [2.05, 4.69) is 10.6 Å². The molecule has 2 aromatic rings. The molecule has 2 N–H and O–H groups in total. The van der Waals surface area contributed by atoms with Crippen molar-refractivity contribution in [2.24, 2.45) is 0 Å². The molecule has 200 valence electrons. The number of benzene rings is 2. The van der Waals surface area contributed by atoms with Crippen molar-refractivity contribution in [1.29, 1.82) is 0 Å². The third kappa shape index (κ3) is 5.10. The largest absolute Gasteiger partial charge is 0.448 e. The Hall–Kier alpha value is -3.87. The zero-order valence-corrected chi connectivity index (χ0v) is 21.2. The van der Waals surface area contributed by atoms with Crippen molar-refractivity contribution in [3.8, 4) is 0 Å². The number of halogens is 2. The van der Waals surface area contributed by atoms with Crippen LogP contribution in [-0.4, -0.2) is 66.4 Å². The van der Waals surface area contributed by atoms with Crippen molar-refractivity contribution >= 4 is 47.1 Å². The number of carbonyl (C=O) groups is 4. The second kappa shape index (κ2) is 10.5. The average molecular weight is 547 g/mol. The lowest BCUT2D eigenvalue weighted by Gasteiger charge is -2.14. The predicted molar refractivity (Wildman–Crippen MR) is 134 cm³/mol. The summed E-state index contributed by atoms with van der Waals surface area (Å²) in [4.78, 5) is 48.5. The Morgan fingerprint density at radius 3 is 2.00 bits per heavy atom. The van der Waals surface area contributed by atoms with Gasteiger partial charge in [0.25, 0.3) is 0 Å². The van der Waals surface area contributed by atoms with Crippen molar-refractivity contribution in [3.63, 3.8) is 0 Å². The van der Waals surface area contributed by atoms with Gasteiger partial charge in [0.1, 0.15) is 30.1 Å². The van der Waals surface area contributed by atoms with Gasteiger partial charge in [-0.15, -0.1) is 11.8 Å². The maximum atomic E-state index is 14.0. The quantitative estimate of drug-likeness (QED) is 0.590. The summed E-state index contributed by atoms with van der Waals surface area (Å²) in [7, 11) is 0. The molecule has 0 aromatic heterocycles. The van der Waals surface area contributed by atoms with Crippen LogP contribution in [0.25, 0.3) is 0 Å². The van der Waals surface area contributed by atoms with E-state index >= 15 is 0 Å². The minimum Gasteiger partial charge on any atom is -0.448 e. The van der Waals surface area contributed by atoms with Crippen molar-refractivity contribution < 1.29 is 37.4 Å². The van der Waals surface area contributed by atoms with Crippen LogP contribution in [0.3, 0.4) is 0 Å². The van der Waals surface area contributed by atoms with Gasteiger partial charge in [0, 0.05) is 22.5 Å². The third-order valence-electron chi connectivity index (χ3n) is 6.54. The number of hydrogen-bond acceptors (Lipinski definition) is 7. The highest BCUT2D eigenvalue weighted by Gasteiger charge is 2.32. The van der Waals surface area contributed by atoms with Gasteiger partial charge in [-0.05, 0) is 41.6 Å². The van der Waals surface area contributed by atoms with Gasteiger partial charge in [-0.2, -0.15) is 0 Å². The highest BCUT2D eigenvalue weighted by atomic mass is 32.2. The van der Waals surface area contributed by atoms with Gasteiger partial charge in [-0.1, -0.05) is 0 Å². The normalized spacial score (nSPS) is 19.4. The van der Waals surface area contributed by atoms with Crippen LogP contribution >= 0.6 is 11.8 Å². The number of rotatable bonds is 5. The Morgan fingerprint density at radius 1 is 0.868 bits per heavy atom. The molecule has 10 nitrogen and oxygen atoms in total. The first-order valence-electron chi connectivity index (χ1n) is 11.8. The summed E-state index contributed by atoms with van der Waals surface area (Å²) >= 11 is 1.40. The molecular formula is C25H24F2N4O6S. The highest BCUT2D eigenvalue weighted by Crippen LogP contribution is 2.40. The van der Waals surface area contributed by atoms with Crippen molar-refractivity contribution in [2.45, 2.75) is 24.8 Å². The van der Waals surface area contributed by atoms with E-state index in [9.17, 15) is 28.0 Å². The van der Waals surface area contributed by atoms with E-state index < -0.39 is 23.8 Å². The van der Waals surface area contributed by atoms with Gasteiger partial charge in [0.2, 0.25) is 11.8 Å². The molecule has 4 heterocycles. The Labute approximate surface area is 220 Å². The first-order valence-corrected chi connectivity index (χ1v) is 13.1. The maximum absolute atomic E-state index is 14.0. The third-order valence-corrected chi connectivity index (χ3v) is 7.48. The van der Waals surface area contributed by atoms with Crippen LogP contribution in [0.1, 0.15) is 27.5 Å². The topological polar surface area (TPSA) is 117 Å². The molecule has 6 rings (SSSR count). The SMILES string of the molecule is CSC1C(=O)Nc2cc(F)c(CN3CCOC3=O)cc21.O=C1Cc2cc(CN3CCOC3=O)c(F)cc2N1. The van der Waals surface area contributed by atoms with Crippen LogP contribution in [-0.2, 0) is 38.6 Å². The van der Waals surface area contributed by atoms with Gasteiger partial charge in [0.05, 0.1) is 32.6 Å². The van der Waals surface area contributed by atoms with Gasteiger partial charge in [-0.25, -0.2) is 18.4 Å². The van der Waals surface area contributed by atoms with Gasteiger partial charge in [-0.3, -0.25) is 9.59 Å². The molecule has 0 radical (unpaired) electrons. The number of ether oxygens (including phenoxy) is 2. The molecular weight excluding hydrogens is 522 g/mol. The number of hydrogen-bond donors (Lipinski definition) is 2. The zero-order valence-electron chi connectivity index (χ0n) is 20.3. The number of carbonyl (C=O) groups excluding carboxylic acids is 4. The van der Waals surface area contributed by atoms with Crippen LogP contribution in [0.15, 0.2) is 24.3 Å². The van der Waals surface area contributed by atoms with Gasteiger partial charge in [0.15, 0.2) is 0 Å². The van der Waals surface area contributed by atoms with E-state index in [1.807, 2.05) is 6.26 Å². The first kappa shape index (κ1) is 25.8. The summed E-state index contributed by atoms with van der Waals surface area (Å²) < 4.78 is 37.5. The summed E-state index contributed by atoms with van der Waals surface area (Å²) in [5.41, 5.74) is 3.38. The first-order chi connectivity index (χ1) is 18.2. The molecule has 0 aliphatic carbocycles. The molecule has 38 heavy (non-hydrogen) atoms. The van der Waals surface area contributed by atoms with Crippen LogP contribution in [0.4, 0.5) is 29.7 Å². The number of nitrogens with zero attached hydrogens (tertiary/aromatic N) is 2. The summed E-state index contributed by atoms with van der Waals surface area (Å²) in [6.45, 7) is 1.93. The second-order valence-electron chi connectivity index (χ2n) is 9.03. The molecule has 2 saturated heterocycles. The summed E-state index contributed by atoms with van der Waals surface area (Å²) in [5, 5.41) is 4.92. The molecule has 0 bridgehead atoms. The lowest BCUT2D eigenvalue weighted by molar-refractivity contribution is -0.116. The predicted octanol–water partition coefficient (Wildman–Crippen LogP) is 3.41. The summed E-state index contributed by atoms with van der Waals surface area (Å²) in [5.74, 6) is -1.12. The standard InChI is InChI=1S/C13H13FN2O3S.C12H11FN2O3/c1-20-11-8-4-7(6-16-2-3-19-13(16)18)9(14)5-10(8)15-12(11)17;13-9-5-10-7(4-11(16)14-10)3-8(9)6-15-1-2-18-12(15)17/h4-5,11H,2-3,6H2,1H3,(H,15,17);3,5H,1-2,4,6H2,(H,14,16). The number of amides is 4. The number of nitrogens with one attached hydrogen (secondary N) is 2. The van der Waals surface area contributed by atoms with E-state index in [1.165, 1.54) is 33.7 Å². The van der Waals surface area contributed by atoms with E-state index in [-0.39, 0.29) is 36.6 Å². The molecule has 0 saturated carbocycles. The molecule has 1 atom stereocenters. The Kier molecular flexibility index (Phi) is 7.11. The molecule has 2 fully saturated rings. The van der Waals surface area contributed by atoms with Crippen molar-refractivity contribution in [3.05, 3.63) is 58.2 Å². The number of cyclic esters (lactones) is 2. The van der Waals surface area contributed by atoms with Crippen LogP contribution in [0, 0.1) is 11.6 Å². The van der Waals surface area contributed by atoms with E-state index in [0.717, 1.165) is 11.1 Å². The van der Waals surface area contributed by atoms with E-state index in [1.54, 1.807) is 12.1 Å². The fraction of sp³-hybridized carbons (Fsp3) is 0.360. The fourth-order valence-electron chi connectivity index (χ4n) is 4.63. The van der Waals surface area contributed by atoms with Gasteiger partial charge < -0.3 is 29.9 Å². The second-order valence-corrected chi connectivity index (χ2v) is 9.98. The lowest BCUT2D eigenvalue weighted by Crippen LogP contribution is -2.24. The molecule has 1 unspecified atom stereocenters. The van der Waals surface area contributed by atoms with E-state index in [4.69, 9.17) is 9.47 Å². The van der Waals surface area contributed by atoms with Crippen LogP contribution in [0.2, 0.25) is 0 Å². The Balaban J connectivity index is 0.000000156. The molecule has 0 spiro atoms. The molecule has 4 aliphatic rings. The molecule has 4 aliphatic heterocycles. The Bertz CT molecular complexity index is 1340. The zero-order chi connectivity index (χ0) is 27.0. The van der Waals surface area contributed by atoms with Gasteiger partial charge >= 0.3 is 12.2 Å². The molecule has 2 aromatic carbocycles. The lowest BCUT2D eigenvalue weighted by atomic mass is 10.1. The van der Waals surface area contributed by atoms with Crippen LogP contribution in [0.5, 0.6) is 0 Å². The average Bonchev–Trinajstić information content (AvgIpc) is 3.62. The number of thioether (sulfide) groups is 1. The fourth-order valence-corrected chi connectivity index (χ4v) is 5.35. The maximum Gasteiger partial charge on any atom is 0.410 e. The van der Waals surface area contributed by atoms with Crippen LogP contribution < -0.4 is 10.6 Å². The summed E-state index contributed by atoms with van der Waals surface area (Å²) in [6, 6.07) is 5.92. The summed E-state index contributed by atoms with van der Waals surface area (Å²) in [6.07, 6.45) is 1.23. The smallest absolute Gasteiger partial charge is 0.410 e. The van der Waals surface area contributed by atoms with Crippen molar-refractivity contribution in [2.75, 3.05) is 43.2 Å². The minimum atomic E-state index is -0.430. The van der Waals surface area contributed by atoms with Crippen molar-refractivity contribution in [1.82, 2.24) is 9.80 Å². The molecule has 4 amide bonds.